The highest BCUT2D eigenvalue weighted by Gasteiger charge is 2.09. The van der Waals surface area contributed by atoms with Crippen LogP contribution in [0.5, 0.6) is 11.5 Å². The number of hydrogen-bond acceptors (Lipinski definition) is 2. The predicted molar refractivity (Wildman–Crippen MR) is 83.0 cm³/mol. The smallest absolute Gasteiger partial charge is 0.133 e. The molecule has 100 valence electrons. The zero-order chi connectivity index (χ0) is 14.0. The van der Waals surface area contributed by atoms with E-state index in [1.165, 1.54) is 0 Å². The summed E-state index contributed by atoms with van der Waals surface area (Å²) in [6.45, 7) is 4.42. The van der Waals surface area contributed by atoms with E-state index < -0.39 is 0 Å². The van der Waals surface area contributed by atoms with E-state index in [1.807, 2.05) is 44.2 Å². The van der Waals surface area contributed by atoms with Gasteiger partial charge in [-0.2, -0.15) is 0 Å². The van der Waals surface area contributed by atoms with Crippen molar-refractivity contribution in [1.29, 1.82) is 0 Å². The van der Waals surface area contributed by atoms with Crippen LogP contribution < -0.4 is 10.5 Å². The van der Waals surface area contributed by atoms with Crippen molar-refractivity contribution < 1.29 is 4.74 Å². The highest BCUT2D eigenvalue weighted by Crippen LogP contribution is 2.33. The molecular formula is C15H15BrClNO. The molecule has 4 heteroatoms. The molecule has 0 heterocycles. The van der Waals surface area contributed by atoms with Gasteiger partial charge in [0.25, 0.3) is 0 Å². The molecule has 0 fully saturated rings. The molecule has 2 N–H and O–H groups in total. The molecule has 0 saturated carbocycles. The van der Waals surface area contributed by atoms with Crippen molar-refractivity contribution in [3.05, 3.63) is 56.5 Å². The Bertz CT molecular complexity index is 590. The molecule has 2 aromatic carbocycles. The van der Waals surface area contributed by atoms with Gasteiger partial charge in [-0.25, -0.2) is 0 Å². The highest BCUT2D eigenvalue weighted by atomic mass is 79.9. The van der Waals surface area contributed by atoms with Crippen LogP contribution in [0, 0.1) is 13.8 Å². The monoisotopic (exact) mass is 339 g/mol. The zero-order valence-electron chi connectivity index (χ0n) is 10.8. The van der Waals surface area contributed by atoms with Gasteiger partial charge in [0.05, 0.1) is 0 Å². The summed E-state index contributed by atoms with van der Waals surface area (Å²) in [5.41, 5.74) is 8.80. The van der Waals surface area contributed by atoms with Crippen LogP contribution in [0.25, 0.3) is 0 Å². The van der Waals surface area contributed by atoms with Gasteiger partial charge in [0.1, 0.15) is 11.5 Å². The Kier molecular flexibility index (Phi) is 4.50. The lowest BCUT2D eigenvalue weighted by Crippen LogP contribution is -2.00. The van der Waals surface area contributed by atoms with Gasteiger partial charge in [-0.15, -0.1) is 0 Å². The van der Waals surface area contributed by atoms with E-state index in [2.05, 4.69) is 15.9 Å². The fraction of sp³-hybridized carbons (Fsp3) is 0.200. The second-order valence-corrected chi connectivity index (χ2v) is 5.59. The van der Waals surface area contributed by atoms with E-state index >= 15 is 0 Å². The van der Waals surface area contributed by atoms with Crippen LogP contribution in [0.15, 0.2) is 34.8 Å². The third-order valence-corrected chi connectivity index (χ3v) is 4.52. The summed E-state index contributed by atoms with van der Waals surface area (Å²) < 4.78 is 7.01. The van der Waals surface area contributed by atoms with Crippen molar-refractivity contribution in [1.82, 2.24) is 0 Å². The second-order valence-electron chi connectivity index (χ2n) is 4.39. The summed E-state index contributed by atoms with van der Waals surface area (Å²) in [6.07, 6.45) is 0. The number of aryl methyl sites for hydroxylation is 2. The first-order valence-electron chi connectivity index (χ1n) is 5.95. The van der Waals surface area contributed by atoms with Crippen molar-refractivity contribution in [2.75, 3.05) is 0 Å². The van der Waals surface area contributed by atoms with Crippen LogP contribution in [0.2, 0.25) is 5.02 Å². The Hall–Kier alpha value is -1.03. The van der Waals surface area contributed by atoms with Crippen molar-refractivity contribution in [2.45, 2.75) is 20.4 Å². The van der Waals surface area contributed by atoms with Crippen LogP contribution in [0.3, 0.4) is 0 Å². The molecule has 0 spiro atoms. The Morgan fingerprint density at radius 2 is 1.84 bits per heavy atom. The van der Waals surface area contributed by atoms with E-state index in [-0.39, 0.29) is 0 Å². The number of ether oxygens (including phenoxy) is 1. The van der Waals surface area contributed by atoms with Crippen LogP contribution in [0.4, 0.5) is 0 Å². The SMILES string of the molecule is Cc1cc(Oc2cccc(Cl)c2CN)cc(C)c1Br. The van der Waals surface area contributed by atoms with Gasteiger partial charge in [-0.3, -0.25) is 0 Å². The van der Waals surface area contributed by atoms with Crippen LogP contribution >= 0.6 is 27.5 Å². The summed E-state index contributed by atoms with van der Waals surface area (Å²) in [7, 11) is 0. The van der Waals surface area contributed by atoms with E-state index in [4.69, 9.17) is 22.1 Å². The van der Waals surface area contributed by atoms with Gasteiger partial charge >= 0.3 is 0 Å². The largest absolute Gasteiger partial charge is 0.457 e. The molecule has 0 atom stereocenters. The molecule has 19 heavy (non-hydrogen) atoms. The van der Waals surface area contributed by atoms with Gasteiger partial charge in [0.15, 0.2) is 0 Å². The summed E-state index contributed by atoms with van der Waals surface area (Å²) in [4.78, 5) is 0. The summed E-state index contributed by atoms with van der Waals surface area (Å²) in [5.74, 6) is 1.49. The standard InChI is InChI=1S/C15H15BrClNO/c1-9-6-11(7-10(2)15(9)16)19-14-5-3-4-13(17)12(14)8-18/h3-7H,8,18H2,1-2H3. The fourth-order valence-electron chi connectivity index (χ4n) is 1.92. The summed E-state index contributed by atoms with van der Waals surface area (Å²) >= 11 is 9.66. The van der Waals surface area contributed by atoms with Gasteiger partial charge in [0, 0.05) is 21.6 Å². The lowest BCUT2D eigenvalue weighted by Gasteiger charge is -2.13. The topological polar surface area (TPSA) is 35.2 Å². The lowest BCUT2D eigenvalue weighted by molar-refractivity contribution is 0.475. The normalized spacial score (nSPS) is 10.6. The quantitative estimate of drug-likeness (QED) is 0.856. The number of nitrogens with two attached hydrogens (primary N) is 1. The van der Waals surface area contributed by atoms with Gasteiger partial charge < -0.3 is 10.5 Å². The van der Waals surface area contributed by atoms with E-state index in [9.17, 15) is 0 Å². The molecular weight excluding hydrogens is 326 g/mol. The average molecular weight is 341 g/mol. The molecule has 2 nitrogen and oxygen atoms in total. The number of rotatable bonds is 3. The van der Waals surface area contributed by atoms with Crippen molar-refractivity contribution >= 4 is 27.5 Å². The second kappa shape index (κ2) is 5.95. The summed E-state index contributed by atoms with van der Waals surface area (Å²) in [6, 6.07) is 9.52. The Morgan fingerprint density at radius 1 is 1.21 bits per heavy atom. The van der Waals surface area contributed by atoms with E-state index in [1.54, 1.807) is 0 Å². The Morgan fingerprint density at radius 3 is 2.42 bits per heavy atom. The first kappa shape index (κ1) is 14.4. The third-order valence-electron chi connectivity index (χ3n) is 2.92. The molecule has 0 unspecified atom stereocenters. The molecule has 0 aliphatic rings. The minimum atomic E-state index is 0.351. The number of benzene rings is 2. The molecule has 0 bridgehead atoms. The minimum Gasteiger partial charge on any atom is -0.457 e. The lowest BCUT2D eigenvalue weighted by atomic mass is 10.1. The highest BCUT2D eigenvalue weighted by molar-refractivity contribution is 9.10. The maximum atomic E-state index is 6.12. The molecule has 0 saturated heterocycles. The van der Waals surface area contributed by atoms with E-state index in [0.717, 1.165) is 26.9 Å². The summed E-state index contributed by atoms with van der Waals surface area (Å²) in [5, 5.41) is 0.630. The number of halogens is 2. The molecule has 2 aromatic rings. The molecule has 0 aliphatic heterocycles. The van der Waals surface area contributed by atoms with Crippen LogP contribution in [0.1, 0.15) is 16.7 Å². The van der Waals surface area contributed by atoms with Gasteiger partial charge in [0.2, 0.25) is 0 Å². The van der Waals surface area contributed by atoms with E-state index in [0.29, 0.717) is 17.3 Å². The third kappa shape index (κ3) is 3.11. The molecule has 2 rings (SSSR count). The first-order chi connectivity index (χ1) is 9.02. The first-order valence-corrected chi connectivity index (χ1v) is 7.12. The Labute approximate surface area is 126 Å². The van der Waals surface area contributed by atoms with Crippen molar-refractivity contribution in [2.24, 2.45) is 5.73 Å². The molecule has 0 radical (unpaired) electrons. The zero-order valence-corrected chi connectivity index (χ0v) is 13.2. The van der Waals surface area contributed by atoms with Gasteiger partial charge in [-0.05, 0) is 49.2 Å². The van der Waals surface area contributed by atoms with Crippen LogP contribution in [-0.2, 0) is 6.54 Å². The number of hydrogen-bond donors (Lipinski definition) is 1. The van der Waals surface area contributed by atoms with Crippen molar-refractivity contribution in [3.8, 4) is 11.5 Å². The van der Waals surface area contributed by atoms with Crippen molar-refractivity contribution in [3.63, 3.8) is 0 Å². The Balaban J connectivity index is 2.39. The van der Waals surface area contributed by atoms with Gasteiger partial charge in [-0.1, -0.05) is 33.6 Å². The maximum absolute atomic E-state index is 6.12. The molecule has 0 aliphatic carbocycles. The fourth-order valence-corrected chi connectivity index (χ4v) is 2.40. The van der Waals surface area contributed by atoms with Crippen LogP contribution in [-0.4, -0.2) is 0 Å². The molecule has 0 amide bonds. The average Bonchev–Trinajstić information content (AvgIpc) is 2.36. The molecule has 0 aromatic heterocycles. The minimum absolute atomic E-state index is 0.351. The predicted octanol–water partition coefficient (Wildman–Crippen LogP) is 4.97. The maximum Gasteiger partial charge on any atom is 0.133 e.